The van der Waals surface area contributed by atoms with Gasteiger partial charge in [0.25, 0.3) is 0 Å². The lowest BCUT2D eigenvalue weighted by Crippen LogP contribution is -2.00. The van der Waals surface area contributed by atoms with E-state index in [-0.39, 0.29) is 6.10 Å². The molecule has 0 bridgehead atoms. The SMILES string of the molecule is OC(Cc1ccc(I)cc1)c1csc(I)c1. The molecule has 0 saturated carbocycles. The molecule has 1 aromatic heterocycles. The fraction of sp³-hybridized carbons (Fsp3) is 0.167. The summed E-state index contributed by atoms with van der Waals surface area (Å²) in [4.78, 5) is 0. The van der Waals surface area contributed by atoms with E-state index in [2.05, 4.69) is 69.4 Å². The zero-order valence-corrected chi connectivity index (χ0v) is 13.5. The highest BCUT2D eigenvalue weighted by Crippen LogP contribution is 2.25. The zero-order chi connectivity index (χ0) is 11.5. The van der Waals surface area contributed by atoms with Crippen LogP contribution in [-0.2, 0) is 6.42 Å². The van der Waals surface area contributed by atoms with Crippen LogP contribution in [0.1, 0.15) is 17.2 Å². The third-order valence-corrected chi connectivity index (χ3v) is 4.84. The van der Waals surface area contributed by atoms with Crippen molar-refractivity contribution in [3.8, 4) is 0 Å². The van der Waals surface area contributed by atoms with Crippen LogP contribution < -0.4 is 0 Å². The van der Waals surface area contributed by atoms with Crippen molar-refractivity contribution in [2.24, 2.45) is 0 Å². The van der Waals surface area contributed by atoms with E-state index in [0.29, 0.717) is 6.42 Å². The molecule has 0 aliphatic heterocycles. The van der Waals surface area contributed by atoms with E-state index >= 15 is 0 Å². The van der Waals surface area contributed by atoms with Crippen LogP contribution in [0.25, 0.3) is 0 Å². The van der Waals surface area contributed by atoms with Crippen LogP contribution in [0, 0.1) is 6.45 Å². The molecule has 1 N–H and O–H groups in total. The van der Waals surface area contributed by atoms with Gasteiger partial charge in [-0.3, -0.25) is 0 Å². The van der Waals surface area contributed by atoms with Crippen molar-refractivity contribution in [2.45, 2.75) is 12.5 Å². The molecule has 1 heterocycles. The summed E-state index contributed by atoms with van der Waals surface area (Å²) in [6.45, 7) is 0. The zero-order valence-electron chi connectivity index (χ0n) is 8.36. The fourth-order valence-corrected chi connectivity index (χ4v) is 3.24. The Balaban J connectivity index is 2.07. The number of aliphatic hydroxyl groups excluding tert-OH is 1. The summed E-state index contributed by atoms with van der Waals surface area (Å²) in [5, 5.41) is 12.1. The molecule has 2 aromatic rings. The summed E-state index contributed by atoms with van der Waals surface area (Å²) in [5.74, 6) is 0. The van der Waals surface area contributed by atoms with Gasteiger partial charge in [0.15, 0.2) is 0 Å². The first kappa shape index (κ1) is 12.8. The smallest absolute Gasteiger partial charge is 0.0838 e. The Hall–Kier alpha value is 0.340. The van der Waals surface area contributed by atoms with Crippen molar-refractivity contribution in [1.29, 1.82) is 0 Å². The number of aliphatic hydroxyl groups is 1. The number of halogens is 2. The van der Waals surface area contributed by atoms with E-state index in [1.165, 1.54) is 12.0 Å². The minimum Gasteiger partial charge on any atom is -0.388 e. The van der Waals surface area contributed by atoms with Crippen LogP contribution >= 0.6 is 56.5 Å². The Morgan fingerprint density at radius 3 is 2.44 bits per heavy atom. The van der Waals surface area contributed by atoms with Gasteiger partial charge in [-0.25, -0.2) is 0 Å². The summed E-state index contributed by atoms with van der Waals surface area (Å²) >= 11 is 6.23. The van der Waals surface area contributed by atoms with Gasteiger partial charge in [-0.05, 0) is 79.9 Å². The number of hydrogen-bond donors (Lipinski definition) is 1. The van der Waals surface area contributed by atoms with Crippen molar-refractivity contribution < 1.29 is 5.11 Å². The van der Waals surface area contributed by atoms with E-state index in [4.69, 9.17) is 0 Å². The van der Waals surface area contributed by atoms with Crippen LogP contribution in [-0.4, -0.2) is 5.11 Å². The van der Waals surface area contributed by atoms with Crippen LogP contribution in [0.3, 0.4) is 0 Å². The van der Waals surface area contributed by atoms with Crippen LogP contribution in [0.5, 0.6) is 0 Å². The van der Waals surface area contributed by atoms with Crippen molar-refractivity contribution in [2.75, 3.05) is 0 Å². The molecule has 0 saturated heterocycles. The molecule has 1 nitrogen and oxygen atoms in total. The minimum atomic E-state index is -0.389. The standard InChI is InChI=1S/C12H10I2OS/c13-10-3-1-8(2-4-10)5-11(15)9-6-12(14)16-7-9/h1-4,6-7,11,15H,5H2. The van der Waals surface area contributed by atoms with E-state index in [0.717, 1.165) is 5.56 Å². The fourth-order valence-electron chi connectivity index (χ4n) is 1.46. The average molecular weight is 456 g/mol. The van der Waals surface area contributed by atoms with Gasteiger partial charge in [-0.2, -0.15) is 0 Å². The molecule has 4 heteroatoms. The summed E-state index contributed by atoms with van der Waals surface area (Å²) < 4.78 is 2.44. The molecule has 84 valence electrons. The van der Waals surface area contributed by atoms with Gasteiger partial charge in [-0.1, -0.05) is 12.1 Å². The Morgan fingerprint density at radius 2 is 1.88 bits per heavy atom. The summed E-state index contributed by atoms with van der Waals surface area (Å²) in [6, 6.07) is 10.3. The minimum absolute atomic E-state index is 0.389. The van der Waals surface area contributed by atoms with E-state index in [1.807, 2.05) is 11.4 Å². The molecule has 0 radical (unpaired) electrons. The first-order valence-corrected chi connectivity index (χ1v) is 7.85. The second-order valence-corrected chi connectivity index (χ2v) is 7.58. The number of rotatable bonds is 3. The molecule has 0 aliphatic carbocycles. The lowest BCUT2D eigenvalue weighted by atomic mass is 10.0. The van der Waals surface area contributed by atoms with E-state index < -0.39 is 0 Å². The lowest BCUT2D eigenvalue weighted by molar-refractivity contribution is 0.179. The molecule has 0 amide bonds. The third-order valence-electron chi connectivity index (χ3n) is 2.31. The molecule has 0 fully saturated rings. The number of benzene rings is 1. The largest absolute Gasteiger partial charge is 0.388 e. The molecule has 16 heavy (non-hydrogen) atoms. The van der Waals surface area contributed by atoms with Gasteiger partial charge in [0.05, 0.1) is 8.99 Å². The second-order valence-electron chi connectivity index (χ2n) is 3.53. The summed E-state index contributed by atoms with van der Waals surface area (Å²) in [6.07, 6.45) is 0.295. The molecule has 1 aromatic carbocycles. The van der Waals surface area contributed by atoms with Gasteiger partial charge in [0, 0.05) is 9.99 Å². The Bertz CT molecular complexity index is 464. The quantitative estimate of drug-likeness (QED) is 0.686. The van der Waals surface area contributed by atoms with Gasteiger partial charge >= 0.3 is 0 Å². The van der Waals surface area contributed by atoms with Crippen molar-refractivity contribution in [1.82, 2.24) is 0 Å². The Labute approximate surface area is 126 Å². The van der Waals surface area contributed by atoms with Gasteiger partial charge in [0.2, 0.25) is 0 Å². The highest BCUT2D eigenvalue weighted by atomic mass is 127. The lowest BCUT2D eigenvalue weighted by Gasteiger charge is -2.08. The highest BCUT2D eigenvalue weighted by Gasteiger charge is 2.10. The monoisotopic (exact) mass is 456 g/mol. The Kier molecular flexibility index (Phi) is 4.63. The van der Waals surface area contributed by atoms with Crippen LogP contribution in [0.4, 0.5) is 0 Å². The molecular weight excluding hydrogens is 446 g/mol. The predicted molar refractivity (Wildman–Crippen MR) is 84.9 cm³/mol. The van der Waals surface area contributed by atoms with Crippen LogP contribution in [0.2, 0.25) is 0 Å². The maximum absolute atomic E-state index is 10.1. The third kappa shape index (κ3) is 3.41. The number of hydrogen-bond acceptors (Lipinski definition) is 2. The summed E-state index contributed by atoms with van der Waals surface area (Å²) in [7, 11) is 0. The first-order chi connectivity index (χ1) is 7.65. The molecule has 0 aliphatic rings. The maximum atomic E-state index is 10.1. The topological polar surface area (TPSA) is 20.2 Å². The molecule has 1 atom stereocenters. The Morgan fingerprint density at radius 1 is 1.19 bits per heavy atom. The van der Waals surface area contributed by atoms with Gasteiger partial charge in [0.1, 0.15) is 0 Å². The van der Waals surface area contributed by atoms with E-state index in [1.54, 1.807) is 11.3 Å². The number of thiophene rings is 1. The van der Waals surface area contributed by atoms with Crippen molar-refractivity contribution >= 4 is 56.5 Å². The van der Waals surface area contributed by atoms with Crippen LogP contribution in [0.15, 0.2) is 35.7 Å². The molecule has 2 rings (SSSR count). The molecule has 0 spiro atoms. The first-order valence-electron chi connectivity index (χ1n) is 4.81. The normalized spacial score (nSPS) is 12.7. The molecular formula is C12H10I2OS. The van der Waals surface area contributed by atoms with Crippen molar-refractivity contribution in [3.63, 3.8) is 0 Å². The van der Waals surface area contributed by atoms with Gasteiger partial charge in [-0.15, -0.1) is 11.3 Å². The van der Waals surface area contributed by atoms with Crippen molar-refractivity contribution in [3.05, 3.63) is 53.3 Å². The van der Waals surface area contributed by atoms with Gasteiger partial charge < -0.3 is 5.11 Å². The summed E-state index contributed by atoms with van der Waals surface area (Å²) in [5.41, 5.74) is 2.20. The predicted octanol–water partition coefficient (Wildman–Crippen LogP) is 4.23. The maximum Gasteiger partial charge on any atom is 0.0838 e. The average Bonchev–Trinajstić information content (AvgIpc) is 2.68. The highest BCUT2D eigenvalue weighted by molar-refractivity contribution is 14.1. The second kappa shape index (κ2) is 5.79. The van der Waals surface area contributed by atoms with E-state index in [9.17, 15) is 5.11 Å². The molecule has 1 unspecified atom stereocenters.